The van der Waals surface area contributed by atoms with Gasteiger partial charge < -0.3 is 39.4 Å². The summed E-state index contributed by atoms with van der Waals surface area (Å²) in [4.78, 5) is 24.9. The van der Waals surface area contributed by atoms with Crippen molar-refractivity contribution in [3.8, 4) is 0 Å². The number of aliphatic hydroxyl groups is 4. The van der Waals surface area contributed by atoms with E-state index in [1.54, 1.807) is 0 Å². The Balaban J connectivity index is 1.84. The first-order valence-electron chi connectivity index (χ1n) is 18.8. The molecule has 0 amide bonds. The number of aliphatic hydroxyl groups excluding tert-OH is 3. The van der Waals surface area contributed by atoms with E-state index in [0.717, 1.165) is 36.8 Å². The molecule has 4 rings (SSSR count). The number of carbonyl (C=O) groups excluding carboxylic acids is 2. The van der Waals surface area contributed by atoms with E-state index in [2.05, 4.69) is 54.7 Å². The first kappa shape index (κ1) is 40.9. The topological polar surface area (TPSA) is 152 Å². The highest BCUT2D eigenvalue weighted by Crippen LogP contribution is 2.74. The SMILES string of the molecule is C=C(CC[C@](C)(O)[C@H]1CC[C@]2(C)[C@@H]1[C@H](O[C@@H]1O[C@H](CO)[C@@H](O)[C@H](O)[C@H]1OC(C)=O)C[C@@H]1[C@@](C)(CCC(=O)OC)[C@H](C(=C)C)CC[C@]12C)C(C)C. The highest BCUT2D eigenvalue weighted by Gasteiger charge is 2.70. The largest absolute Gasteiger partial charge is 0.469 e. The fourth-order valence-corrected chi connectivity index (χ4v) is 11.1. The Bertz CT molecular complexity index is 1260. The minimum atomic E-state index is -1.55. The standard InChI is InChI=1S/C40H66O10/c1-22(2)24(5)12-19-40(10,46)27-14-18-39(9)32(27)28(49-36-35(48-25(6)42)34(45)33(44)29(21-41)50-36)20-30-37(7,16-15-31(43)47-11)26(23(3)4)13-17-38(30,39)8/h22,26-30,32-36,41,44-46H,3,5,12-21H2,1-2,4,6-11H3/t26-,27-,28+,29+,30+,32-,33+,34-,35+,36+,37-,38+,39+,40-/m0/s1. The molecule has 0 spiro atoms. The minimum Gasteiger partial charge on any atom is -0.469 e. The lowest BCUT2D eigenvalue weighted by Gasteiger charge is -2.68. The summed E-state index contributed by atoms with van der Waals surface area (Å²) < 4.78 is 23.7. The van der Waals surface area contributed by atoms with Crippen LogP contribution in [0.25, 0.3) is 0 Å². The lowest BCUT2D eigenvalue weighted by Crippen LogP contribution is -2.66. The second kappa shape index (κ2) is 15.3. The van der Waals surface area contributed by atoms with Gasteiger partial charge in [-0.25, -0.2) is 0 Å². The summed E-state index contributed by atoms with van der Waals surface area (Å²) in [6.07, 6.45) is -1.08. The van der Waals surface area contributed by atoms with Crippen LogP contribution in [0.4, 0.5) is 0 Å². The van der Waals surface area contributed by atoms with Crippen molar-refractivity contribution >= 4 is 11.9 Å². The van der Waals surface area contributed by atoms with E-state index in [4.69, 9.17) is 18.9 Å². The molecule has 0 unspecified atom stereocenters. The van der Waals surface area contributed by atoms with Gasteiger partial charge in [-0.05, 0) is 111 Å². The monoisotopic (exact) mass is 706 g/mol. The Morgan fingerprint density at radius 1 is 1.02 bits per heavy atom. The molecule has 0 bridgehead atoms. The Morgan fingerprint density at radius 2 is 1.66 bits per heavy atom. The number of fused-ring (bicyclic) bond motifs is 3. The van der Waals surface area contributed by atoms with Crippen LogP contribution in [0.15, 0.2) is 24.3 Å². The van der Waals surface area contributed by atoms with Crippen molar-refractivity contribution in [1.29, 1.82) is 0 Å². The fraction of sp³-hybridized carbons (Fsp3) is 0.850. The van der Waals surface area contributed by atoms with Crippen molar-refractivity contribution in [1.82, 2.24) is 0 Å². The Hall–Kier alpha value is -1.82. The van der Waals surface area contributed by atoms with Crippen LogP contribution in [0.2, 0.25) is 0 Å². The van der Waals surface area contributed by atoms with E-state index < -0.39 is 55.0 Å². The lowest BCUT2D eigenvalue weighted by atomic mass is 9.37. The van der Waals surface area contributed by atoms with E-state index in [9.17, 15) is 30.0 Å². The van der Waals surface area contributed by atoms with E-state index in [1.165, 1.54) is 14.0 Å². The normalized spacial score (nSPS) is 42.6. The zero-order valence-electron chi connectivity index (χ0n) is 32.1. The number of rotatable bonds is 13. The summed E-state index contributed by atoms with van der Waals surface area (Å²) in [6, 6.07) is 0. The number of esters is 2. The van der Waals surface area contributed by atoms with Gasteiger partial charge in [0.05, 0.1) is 25.4 Å². The maximum atomic E-state index is 12.6. The summed E-state index contributed by atoms with van der Waals surface area (Å²) in [5, 5.41) is 44.3. The predicted octanol–water partition coefficient (Wildman–Crippen LogP) is 5.49. The lowest BCUT2D eigenvalue weighted by molar-refractivity contribution is -0.334. The number of allylic oxidation sites excluding steroid dienone is 2. The minimum absolute atomic E-state index is 0.0608. The highest BCUT2D eigenvalue weighted by atomic mass is 16.7. The van der Waals surface area contributed by atoms with E-state index >= 15 is 0 Å². The first-order valence-corrected chi connectivity index (χ1v) is 18.8. The van der Waals surface area contributed by atoms with Crippen LogP contribution in [0.1, 0.15) is 113 Å². The molecule has 4 aliphatic rings. The number of methoxy groups -OCH3 is 1. The number of ether oxygens (including phenoxy) is 4. The van der Waals surface area contributed by atoms with Crippen LogP contribution in [-0.2, 0) is 28.5 Å². The van der Waals surface area contributed by atoms with Crippen LogP contribution < -0.4 is 0 Å². The van der Waals surface area contributed by atoms with Gasteiger partial charge >= 0.3 is 11.9 Å². The zero-order valence-corrected chi connectivity index (χ0v) is 32.1. The smallest absolute Gasteiger partial charge is 0.305 e. The Kier molecular flexibility index (Phi) is 12.5. The van der Waals surface area contributed by atoms with Crippen LogP contribution in [0, 0.1) is 45.8 Å². The Labute approximate surface area is 300 Å². The predicted molar refractivity (Wildman–Crippen MR) is 189 cm³/mol. The third-order valence-corrected chi connectivity index (χ3v) is 14.3. The third kappa shape index (κ3) is 7.36. The average Bonchev–Trinajstić information content (AvgIpc) is 3.43. The molecule has 1 aliphatic heterocycles. The second-order valence-corrected chi connectivity index (χ2v) is 17.4. The molecule has 0 aromatic rings. The van der Waals surface area contributed by atoms with Crippen molar-refractivity contribution in [3.63, 3.8) is 0 Å². The molecule has 10 nitrogen and oxygen atoms in total. The molecule has 1 saturated heterocycles. The third-order valence-electron chi connectivity index (χ3n) is 14.3. The molecule has 1 heterocycles. The van der Waals surface area contributed by atoms with Gasteiger partial charge in [0.1, 0.15) is 18.3 Å². The molecule has 14 atom stereocenters. The fourth-order valence-electron chi connectivity index (χ4n) is 11.1. The maximum Gasteiger partial charge on any atom is 0.305 e. The van der Waals surface area contributed by atoms with E-state index in [1.807, 2.05) is 6.92 Å². The molecule has 50 heavy (non-hydrogen) atoms. The van der Waals surface area contributed by atoms with Gasteiger partial charge in [-0.15, -0.1) is 0 Å². The van der Waals surface area contributed by atoms with Crippen molar-refractivity contribution in [3.05, 3.63) is 24.3 Å². The number of carbonyl (C=O) groups is 2. The zero-order chi connectivity index (χ0) is 37.6. The van der Waals surface area contributed by atoms with Crippen LogP contribution in [-0.4, -0.2) is 88.5 Å². The summed E-state index contributed by atoms with van der Waals surface area (Å²) in [5.74, 6) is -0.686. The van der Waals surface area contributed by atoms with Gasteiger partial charge in [0.2, 0.25) is 0 Å². The van der Waals surface area contributed by atoms with Crippen LogP contribution in [0.3, 0.4) is 0 Å². The Morgan fingerprint density at radius 3 is 2.22 bits per heavy atom. The molecule has 0 aromatic carbocycles. The maximum absolute atomic E-state index is 12.6. The molecule has 286 valence electrons. The van der Waals surface area contributed by atoms with E-state index in [-0.39, 0.29) is 52.3 Å². The van der Waals surface area contributed by atoms with E-state index in [0.29, 0.717) is 31.6 Å². The van der Waals surface area contributed by atoms with Gasteiger partial charge in [0, 0.05) is 13.3 Å². The molecular weight excluding hydrogens is 640 g/mol. The second-order valence-electron chi connectivity index (χ2n) is 17.4. The van der Waals surface area contributed by atoms with Crippen molar-refractivity contribution < 1.29 is 49.0 Å². The quantitative estimate of drug-likeness (QED) is 0.110. The van der Waals surface area contributed by atoms with Gasteiger partial charge in [0.15, 0.2) is 12.4 Å². The van der Waals surface area contributed by atoms with Crippen molar-refractivity contribution in [2.45, 2.75) is 156 Å². The summed E-state index contributed by atoms with van der Waals surface area (Å²) >= 11 is 0. The highest BCUT2D eigenvalue weighted by molar-refractivity contribution is 5.69. The molecule has 4 N–H and O–H groups in total. The molecule has 3 aliphatic carbocycles. The molecule has 4 fully saturated rings. The van der Waals surface area contributed by atoms with Gasteiger partial charge in [-0.2, -0.15) is 0 Å². The van der Waals surface area contributed by atoms with Crippen molar-refractivity contribution in [2.75, 3.05) is 13.7 Å². The summed E-state index contributed by atoms with van der Waals surface area (Å²) in [5.41, 5.74) is 0.292. The molecular formula is C40H66O10. The van der Waals surface area contributed by atoms with Crippen molar-refractivity contribution in [2.24, 2.45) is 45.8 Å². The van der Waals surface area contributed by atoms with Gasteiger partial charge in [-0.1, -0.05) is 58.9 Å². The van der Waals surface area contributed by atoms with Crippen LogP contribution >= 0.6 is 0 Å². The van der Waals surface area contributed by atoms with Gasteiger partial charge in [0.25, 0.3) is 0 Å². The van der Waals surface area contributed by atoms with Crippen LogP contribution in [0.5, 0.6) is 0 Å². The average molecular weight is 707 g/mol. The molecule has 0 radical (unpaired) electrons. The summed E-state index contributed by atoms with van der Waals surface area (Å²) in [7, 11) is 1.41. The number of hydrogen-bond acceptors (Lipinski definition) is 10. The molecule has 10 heteroatoms. The molecule has 3 saturated carbocycles. The van der Waals surface area contributed by atoms with Gasteiger partial charge in [-0.3, -0.25) is 9.59 Å². The molecule has 0 aromatic heterocycles. The summed E-state index contributed by atoms with van der Waals surface area (Å²) in [6.45, 7) is 24.6. The number of hydrogen-bond donors (Lipinski definition) is 4. The first-order chi connectivity index (χ1) is 23.2.